The second kappa shape index (κ2) is 8.93. The van der Waals surface area contributed by atoms with Gasteiger partial charge in [0.05, 0.1) is 11.6 Å². The molecule has 1 N–H and O–H groups in total. The van der Waals surface area contributed by atoms with Gasteiger partial charge in [-0.3, -0.25) is 14.6 Å². The van der Waals surface area contributed by atoms with E-state index >= 15 is 0 Å². The lowest BCUT2D eigenvalue weighted by Gasteiger charge is -2.34. The van der Waals surface area contributed by atoms with Gasteiger partial charge in [-0.15, -0.1) is 11.3 Å². The molecule has 2 bridgehead atoms. The first-order chi connectivity index (χ1) is 15.5. The van der Waals surface area contributed by atoms with Crippen molar-refractivity contribution in [1.29, 1.82) is 0 Å². The van der Waals surface area contributed by atoms with Crippen molar-refractivity contribution in [3.63, 3.8) is 0 Å². The van der Waals surface area contributed by atoms with Gasteiger partial charge in [0.25, 0.3) is 5.91 Å². The molecule has 0 spiro atoms. The summed E-state index contributed by atoms with van der Waals surface area (Å²) in [5.41, 5.74) is 1.67. The van der Waals surface area contributed by atoms with E-state index in [-0.39, 0.29) is 23.8 Å². The van der Waals surface area contributed by atoms with Gasteiger partial charge < -0.3 is 10.2 Å². The Balaban J connectivity index is 1.22. The summed E-state index contributed by atoms with van der Waals surface area (Å²) in [7, 11) is 0. The summed E-state index contributed by atoms with van der Waals surface area (Å²) in [4.78, 5) is 37.6. The van der Waals surface area contributed by atoms with Crippen LogP contribution in [0.25, 0.3) is 10.6 Å². The number of hydrogen-bond donors (Lipinski definition) is 1. The molecule has 2 saturated carbocycles. The van der Waals surface area contributed by atoms with E-state index in [1.165, 1.54) is 37.0 Å². The highest BCUT2D eigenvalue weighted by atomic mass is 32.1. The number of amides is 2. The number of thiazole rings is 1. The van der Waals surface area contributed by atoms with Crippen molar-refractivity contribution in [1.82, 2.24) is 20.2 Å². The second-order valence-electron chi connectivity index (χ2n) is 9.90. The van der Waals surface area contributed by atoms with E-state index in [0.717, 1.165) is 40.9 Å². The summed E-state index contributed by atoms with van der Waals surface area (Å²) in [6.07, 6.45) is 10.5. The Morgan fingerprint density at radius 3 is 2.84 bits per heavy atom. The van der Waals surface area contributed by atoms with Crippen LogP contribution in [0.4, 0.5) is 0 Å². The van der Waals surface area contributed by atoms with Gasteiger partial charge in [0.2, 0.25) is 5.91 Å². The van der Waals surface area contributed by atoms with Gasteiger partial charge in [0.1, 0.15) is 9.88 Å². The number of carbonyl (C=O) groups is 2. The highest BCUT2D eigenvalue weighted by Gasteiger charge is 2.42. The van der Waals surface area contributed by atoms with Gasteiger partial charge in [0.15, 0.2) is 0 Å². The second-order valence-corrected chi connectivity index (χ2v) is 10.9. The molecule has 5 atom stereocenters. The average molecular weight is 453 g/mol. The van der Waals surface area contributed by atoms with Gasteiger partial charge in [-0.05, 0) is 75.8 Å². The van der Waals surface area contributed by atoms with Crippen LogP contribution in [0, 0.1) is 30.6 Å². The number of nitrogens with one attached hydrogen (secondary N) is 1. The van der Waals surface area contributed by atoms with E-state index in [9.17, 15) is 9.59 Å². The Morgan fingerprint density at radius 2 is 2.12 bits per heavy atom. The highest BCUT2D eigenvalue weighted by Crippen LogP contribution is 2.49. The summed E-state index contributed by atoms with van der Waals surface area (Å²) >= 11 is 1.42. The molecular formula is C25H32N4O2S. The standard InChI is InChI=1S/C25H32N4O2S/c1-15(21-12-17-7-8-18(21)11-17)27-23(30)20-6-4-10-29(14-20)25(31)22-16(2)28-24(32-22)19-5-3-9-26-13-19/h3,5,9,13,15,17-18,20-21H,4,6-8,10-12,14H2,1-2H3,(H,27,30). The van der Waals surface area contributed by atoms with E-state index in [2.05, 4.69) is 22.2 Å². The van der Waals surface area contributed by atoms with Crippen molar-refractivity contribution >= 4 is 23.2 Å². The Morgan fingerprint density at radius 1 is 1.25 bits per heavy atom. The monoisotopic (exact) mass is 452 g/mol. The zero-order valence-electron chi connectivity index (χ0n) is 18.9. The number of likely N-dealkylation sites (tertiary alicyclic amines) is 1. The molecular weight excluding hydrogens is 420 g/mol. The molecule has 3 heterocycles. The van der Waals surface area contributed by atoms with E-state index in [4.69, 9.17) is 0 Å². The number of piperidine rings is 1. The van der Waals surface area contributed by atoms with Gasteiger partial charge in [-0.25, -0.2) is 4.98 Å². The topological polar surface area (TPSA) is 75.2 Å². The van der Waals surface area contributed by atoms with Crippen LogP contribution < -0.4 is 5.32 Å². The molecule has 170 valence electrons. The van der Waals surface area contributed by atoms with Gasteiger partial charge in [-0.1, -0.05) is 6.42 Å². The number of aromatic nitrogens is 2. The quantitative estimate of drug-likeness (QED) is 0.734. The fourth-order valence-electron chi connectivity index (χ4n) is 6.08. The number of carbonyl (C=O) groups excluding carboxylic acids is 2. The first-order valence-electron chi connectivity index (χ1n) is 12.0. The Bertz CT molecular complexity index is 991. The number of rotatable bonds is 5. The minimum atomic E-state index is -0.125. The third-order valence-electron chi connectivity index (χ3n) is 7.78. The van der Waals surface area contributed by atoms with E-state index in [0.29, 0.717) is 23.9 Å². The maximum absolute atomic E-state index is 13.3. The average Bonchev–Trinajstić information content (AvgIpc) is 3.55. The van der Waals surface area contributed by atoms with E-state index < -0.39 is 0 Å². The largest absolute Gasteiger partial charge is 0.353 e. The molecule has 0 aromatic carbocycles. The van der Waals surface area contributed by atoms with Crippen LogP contribution in [0.5, 0.6) is 0 Å². The van der Waals surface area contributed by atoms with E-state index in [1.54, 1.807) is 12.4 Å². The molecule has 2 aromatic heterocycles. The van der Waals surface area contributed by atoms with Gasteiger partial charge >= 0.3 is 0 Å². The Hall–Kier alpha value is -2.28. The molecule has 0 radical (unpaired) electrons. The van der Waals surface area contributed by atoms with Crippen LogP contribution in [0.1, 0.15) is 60.8 Å². The van der Waals surface area contributed by atoms with Crippen molar-refractivity contribution in [3.05, 3.63) is 35.1 Å². The van der Waals surface area contributed by atoms with Crippen molar-refractivity contribution in [2.75, 3.05) is 13.1 Å². The van der Waals surface area contributed by atoms with Crippen molar-refractivity contribution in [2.24, 2.45) is 23.7 Å². The summed E-state index contributed by atoms with van der Waals surface area (Å²) in [5, 5.41) is 4.13. The molecule has 3 fully saturated rings. The Kier molecular flexibility index (Phi) is 6.01. The molecule has 32 heavy (non-hydrogen) atoms. The summed E-state index contributed by atoms with van der Waals surface area (Å²) in [6, 6.07) is 4.06. The summed E-state index contributed by atoms with van der Waals surface area (Å²) < 4.78 is 0. The smallest absolute Gasteiger partial charge is 0.265 e. The van der Waals surface area contributed by atoms with Crippen LogP contribution in [0.2, 0.25) is 0 Å². The van der Waals surface area contributed by atoms with Crippen molar-refractivity contribution in [2.45, 2.75) is 58.4 Å². The maximum atomic E-state index is 13.3. The molecule has 2 aliphatic carbocycles. The lowest BCUT2D eigenvalue weighted by atomic mass is 9.83. The van der Waals surface area contributed by atoms with Crippen molar-refractivity contribution in [3.8, 4) is 10.6 Å². The SMILES string of the molecule is Cc1nc(-c2cccnc2)sc1C(=O)N1CCCC(C(=O)NC(C)C2CC3CCC2C3)C1. The van der Waals surface area contributed by atoms with Crippen LogP contribution in [0.3, 0.4) is 0 Å². The normalized spacial score (nSPS) is 28.0. The lowest BCUT2D eigenvalue weighted by Crippen LogP contribution is -2.48. The molecule has 6 nitrogen and oxygen atoms in total. The number of pyridine rings is 1. The predicted molar refractivity (Wildman–Crippen MR) is 125 cm³/mol. The minimum absolute atomic E-state index is 0.00575. The molecule has 5 rings (SSSR count). The molecule has 1 aliphatic heterocycles. The molecule has 2 aromatic rings. The van der Waals surface area contributed by atoms with Crippen molar-refractivity contribution < 1.29 is 9.59 Å². The molecule has 2 amide bonds. The van der Waals surface area contributed by atoms with Crippen LogP contribution >= 0.6 is 11.3 Å². The first kappa shape index (κ1) is 21.6. The third kappa shape index (κ3) is 4.19. The summed E-state index contributed by atoms with van der Waals surface area (Å²) in [5.74, 6) is 2.29. The third-order valence-corrected chi connectivity index (χ3v) is 8.98. The Labute approximate surface area is 193 Å². The first-order valence-corrected chi connectivity index (χ1v) is 12.8. The predicted octanol–water partition coefficient (Wildman–Crippen LogP) is 4.31. The number of nitrogens with zero attached hydrogens (tertiary/aromatic N) is 3. The lowest BCUT2D eigenvalue weighted by molar-refractivity contribution is -0.127. The molecule has 3 aliphatic rings. The number of hydrogen-bond acceptors (Lipinski definition) is 5. The van der Waals surface area contributed by atoms with Crippen LogP contribution in [0.15, 0.2) is 24.5 Å². The van der Waals surface area contributed by atoms with E-state index in [1.807, 2.05) is 24.0 Å². The van der Waals surface area contributed by atoms with Crippen LogP contribution in [-0.2, 0) is 4.79 Å². The summed E-state index contributed by atoms with van der Waals surface area (Å²) in [6.45, 7) is 5.25. The zero-order chi connectivity index (χ0) is 22.2. The molecule has 1 saturated heterocycles. The minimum Gasteiger partial charge on any atom is -0.353 e. The fraction of sp³-hybridized carbons (Fsp3) is 0.600. The molecule has 5 unspecified atom stereocenters. The number of aryl methyl sites for hydroxylation is 1. The molecule has 7 heteroatoms. The highest BCUT2D eigenvalue weighted by molar-refractivity contribution is 7.17. The zero-order valence-corrected chi connectivity index (χ0v) is 19.7. The number of fused-ring (bicyclic) bond motifs is 2. The fourth-order valence-corrected chi connectivity index (χ4v) is 7.11. The van der Waals surface area contributed by atoms with Crippen LogP contribution in [-0.4, -0.2) is 45.8 Å². The van der Waals surface area contributed by atoms with Gasteiger partial charge in [-0.2, -0.15) is 0 Å². The van der Waals surface area contributed by atoms with Gasteiger partial charge in [0, 0.05) is 37.1 Å². The maximum Gasteiger partial charge on any atom is 0.265 e.